The highest BCUT2D eigenvalue weighted by molar-refractivity contribution is 7.80. The number of aromatic hydroxyl groups is 1. The smallest absolute Gasteiger partial charge is 0.174 e. The third kappa shape index (κ3) is 3.74. The maximum atomic E-state index is 10.7. The highest BCUT2D eigenvalue weighted by atomic mass is 32.1. The molecule has 1 aliphatic rings. The second kappa shape index (κ2) is 8.95. The summed E-state index contributed by atoms with van der Waals surface area (Å²) < 4.78 is 2.29. The Morgan fingerprint density at radius 1 is 1.00 bits per heavy atom. The van der Waals surface area contributed by atoms with Gasteiger partial charge in [0.1, 0.15) is 5.75 Å². The number of nitrogens with one attached hydrogen (secondary N) is 1. The van der Waals surface area contributed by atoms with Gasteiger partial charge in [-0.3, -0.25) is 4.98 Å². The van der Waals surface area contributed by atoms with Gasteiger partial charge in [-0.25, -0.2) is 0 Å². The fourth-order valence-corrected chi connectivity index (χ4v) is 5.30. The summed E-state index contributed by atoms with van der Waals surface area (Å²) in [5, 5.41) is 14.8. The third-order valence-electron chi connectivity index (χ3n) is 6.63. The highest BCUT2D eigenvalue weighted by Crippen LogP contribution is 2.45. The van der Waals surface area contributed by atoms with Crippen LogP contribution in [0.5, 0.6) is 5.75 Å². The van der Waals surface area contributed by atoms with Crippen molar-refractivity contribution in [2.75, 3.05) is 4.90 Å². The summed E-state index contributed by atoms with van der Waals surface area (Å²) in [6, 6.07) is 23.9. The summed E-state index contributed by atoms with van der Waals surface area (Å²) in [6.07, 6.45) is 2.82. The van der Waals surface area contributed by atoms with Gasteiger partial charge in [0.15, 0.2) is 5.11 Å². The van der Waals surface area contributed by atoms with E-state index in [9.17, 15) is 5.11 Å². The Bertz CT molecular complexity index is 1330. The first kappa shape index (κ1) is 22.2. The molecule has 5 rings (SSSR count). The lowest BCUT2D eigenvalue weighted by atomic mass is 9.96. The van der Waals surface area contributed by atoms with Crippen LogP contribution in [0, 0.1) is 13.8 Å². The van der Waals surface area contributed by atoms with Gasteiger partial charge < -0.3 is 19.9 Å². The van der Waals surface area contributed by atoms with E-state index in [0.29, 0.717) is 10.8 Å². The van der Waals surface area contributed by atoms with Crippen molar-refractivity contribution < 1.29 is 5.11 Å². The minimum atomic E-state index is -0.175. The molecule has 0 saturated carbocycles. The van der Waals surface area contributed by atoms with Crippen molar-refractivity contribution in [2.24, 2.45) is 0 Å². The van der Waals surface area contributed by atoms with Crippen LogP contribution in [0.15, 0.2) is 79.0 Å². The minimum Gasteiger partial charge on any atom is -0.506 e. The molecule has 2 aromatic carbocycles. The van der Waals surface area contributed by atoms with Crippen molar-refractivity contribution in [3.05, 3.63) is 107 Å². The average molecular weight is 469 g/mol. The quantitative estimate of drug-likeness (QED) is 0.355. The summed E-state index contributed by atoms with van der Waals surface area (Å²) >= 11 is 5.81. The number of aromatic nitrogens is 2. The maximum Gasteiger partial charge on any atom is 0.174 e. The minimum absolute atomic E-state index is 0.162. The van der Waals surface area contributed by atoms with Crippen molar-refractivity contribution in [1.82, 2.24) is 14.9 Å². The predicted octanol–water partition coefficient (Wildman–Crippen LogP) is 5.93. The summed E-state index contributed by atoms with van der Waals surface area (Å²) in [5.41, 5.74) is 7.47. The molecule has 3 heterocycles. The molecule has 6 heteroatoms. The number of hydrogen-bond donors (Lipinski definition) is 2. The predicted molar refractivity (Wildman–Crippen MR) is 141 cm³/mol. The number of aryl methyl sites for hydroxylation is 2. The molecule has 1 saturated heterocycles. The molecule has 0 radical (unpaired) electrons. The number of nitrogens with zero attached hydrogens (tertiary/aromatic N) is 3. The van der Waals surface area contributed by atoms with E-state index < -0.39 is 0 Å². The molecule has 0 amide bonds. The zero-order chi connectivity index (χ0) is 23.8. The molecule has 2 N–H and O–H groups in total. The van der Waals surface area contributed by atoms with Crippen molar-refractivity contribution in [1.29, 1.82) is 0 Å². The van der Waals surface area contributed by atoms with E-state index in [1.165, 1.54) is 5.56 Å². The number of phenols is 1. The van der Waals surface area contributed by atoms with Gasteiger partial charge in [-0.15, -0.1) is 0 Å². The Hall–Kier alpha value is -3.64. The maximum absolute atomic E-state index is 10.7. The van der Waals surface area contributed by atoms with E-state index in [1.54, 1.807) is 12.3 Å². The summed E-state index contributed by atoms with van der Waals surface area (Å²) in [4.78, 5) is 6.66. The van der Waals surface area contributed by atoms with Gasteiger partial charge in [0, 0.05) is 23.3 Å². The second-order valence-electron chi connectivity index (χ2n) is 8.67. The summed E-state index contributed by atoms with van der Waals surface area (Å²) in [5.74, 6) is 0.197. The van der Waals surface area contributed by atoms with Crippen LogP contribution < -0.4 is 10.2 Å². The average Bonchev–Trinajstić information content (AvgIpc) is 3.35. The van der Waals surface area contributed by atoms with E-state index in [1.807, 2.05) is 41.3 Å². The lowest BCUT2D eigenvalue weighted by Gasteiger charge is -2.28. The monoisotopic (exact) mass is 468 g/mol. The van der Waals surface area contributed by atoms with Gasteiger partial charge in [-0.2, -0.15) is 0 Å². The van der Waals surface area contributed by atoms with Gasteiger partial charge in [-0.1, -0.05) is 37.3 Å². The van der Waals surface area contributed by atoms with Crippen LogP contribution in [-0.2, 0) is 6.42 Å². The molecule has 1 fully saturated rings. The first-order valence-electron chi connectivity index (χ1n) is 11.6. The molecular formula is C28H28N4OS. The normalized spacial score (nSPS) is 17.7. The molecule has 0 bridgehead atoms. The summed E-state index contributed by atoms with van der Waals surface area (Å²) in [6.45, 7) is 6.45. The standard InChI is InChI=1S/C28H28N4OS/c1-4-20-12-14-21(15-13-20)31-18(2)17-22(19(31)3)27-26(23-9-7-8-16-29-23)30-28(34)32(27)24-10-5-6-11-25(24)33/h5-17,26-27,33H,4H2,1-3H3,(H,30,34)/t26-,27+/m0/s1. The van der Waals surface area contributed by atoms with E-state index >= 15 is 0 Å². The number of para-hydroxylation sites is 2. The number of phenolic OH excluding ortho intramolecular Hbond substituents is 1. The van der Waals surface area contributed by atoms with Crippen molar-refractivity contribution in [3.63, 3.8) is 0 Å². The van der Waals surface area contributed by atoms with Crippen LogP contribution in [0.1, 0.15) is 47.2 Å². The molecule has 34 heavy (non-hydrogen) atoms. The summed E-state index contributed by atoms with van der Waals surface area (Å²) in [7, 11) is 0. The Morgan fingerprint density at radius 2 is 1.74 bits per heavy atom. The zero-order valence-corrected chi connectivity index (χ0v) is 20.4. The van der Waals surface area contributed by atoms with Crippen molar-refractivity contribution in [2.45, 2.75) is 39.3 Å². The number of pyridine rings is 1. The van der Waals surface area contributed by atoms with Gasteiger partial charge in [0.2, 0.25) is 0 Å². The molecule has 0 unspecified atom stereocenters. The molecule has 1 aliphatic heterocycles. The lowest BCUT2D eigenvalue weighted by Crippen LogP contribution is -2.29. The Kier molecular flexibility index (Phi) is 5.84. The lowest BCUT2D eigenvalue weighted by molar-refractivity contribution is 0.472. The van der Waals surface area contributed by atoms with Crippen LogP contribution in [0.4, 0.5) is 5.69 Å². The fourth-order valence-electron chi connectivity index (χ4n) is 4.96. The van der Waals surface area contributed by atoms with Crippen LogP contribution in [0.25, 0.3) is 5.69 Å². The van der Waals surface area contributed by atoms with E-state index in [4.69, 9.17) is 12.2 Å². The van der Waals surface area contributed by atoms with Gasteiger partial charge in [0.05, 0.1) is 23.5 Å². The largest absolute Gasteiger partial charge is 0.506 e. The van der Waals surface area contributed by atoms with Gasteiger partial charge >= 0.3 is 0 Å². The molecule has 5 nitrogen and oxygen atoms in total. The van der Waals surface area contributed by atoms with Crippen LogP contribution in [0.2, 0.25) is 0 Å². The molecular weight excluding hydrogens is 440 g/mol. The van der Waals surface area contributed by atoms with Crippen molar-refractivity contribution in [3.8, 4) is 11.4 Å². The van der Waals surface area contributed by atoms with Gasteiger partial charge in [0.25, 0.3) is 0 Å². The fraction of sp³-hybridized carbons (Fsp3) is 0.214. The Labute approximate surface area is 205 Å². The number of thiocarbonyl (C=S) groups is 1. The third-order valence-corrected chi connectivity index (χ3v) is 6.95. The van der Waals surface area contributed by atoms with E-state index in [-0.39, 0.29) is 17.8 Å². The van der Waals surface area contributed by atoms with Crippen LogP contribution in [-0.4, -0.2) is 19.8 Å². The molecule has 2 aromatic heterocycles. The molecule has 4 aromatic rings. The van der Waals surface area contributed by atoms with E-state index in [0.717, 1.165) is 34.8 Å². The number of rotatable bonds is 5. The first-order valence-corrected chi connectivity index (χ1v) is 12.0. The van der Waals surface area contributed by atoms with Crippen LogP contribution in [0.3, 0.4) is 0 Å². The molecule has 0 aliphatic carbocycles. The number of benzene rings is 2. The Morgan fingerprint density at radius 3 is 2.41 bits per heavy atom. The molecule has 172 valence electrons. The van der Waals surface area contributed by atoms with Crippen LogP contribution >= 0.6 is 12.2 Å². The number of anilines is 1. The second-order valence-corrected chi connectivity index (χ2v) is 9.05. The van der Waals surface area contributed by atoms with Crippen molar-refractivity contribution >= 4 is 23.0 Å². The molecule has 0 spiro atoms. The Balaban J connectivity index is 1.67. The SMILES string of the molecule is CCc1ccc(-n2c(C)cc([C@@H]3[C@H](c4ccccn4)NC(=S)N3c3ccccc3O)c2C)cc1. The first-order chi connectivity index (χ1) is 16.5. The highest BCUT2D eigenvalue weighted by Gasteiger charge is 2.43. The topological polar surface area (TPSA) is 53.3 Å². The zero-order valence-electron chi connectivity index (χ0n) is 19.6. The molecule has 2 atom stereocenters. The van der Waals surface area contributed by atoms with Gasteiger partial charge in [-0.05, 0) is 86.1 Å². The van der Waals surface area contributed by atoms with E-state index in [2.05, 4.69) is 66.0 Å². The number of hydrogen-bond acceptors (Lipinski definition) is 3.